The van der Waals surface area contributed by atoms with Crippen LogP contribution in [0, 0.1) is 13.8 Å². The minimum atomic E-state index is 0.771. The Morgan fingerprint density at radius 3 is 2.85 bits per heavy atom. The SMILES string of the molecule is Cc1ccc(C)c(OCCCCNCc2ccco2)c1. The lowest BCUT2D eigenvalue weighted by molar-refractivity contribution is 0.303. The van der Waals surface area contributed by atoms with Crippen LogP contribution in [0.15, 0.2) is 41.0 Å². The predicted molar refractivity (Wildman–Crippen MR) is 81.1 cm³/mol. The second-order valence-corrected chi connectivity index (χ2v) is 5.08. The Labute approximate surface area is 121 Å². The molecule has 0 spiro atoms. The molecule has 0 unspecified atom stereocenters. The molecule has 1 N–H and O–H groups in total. The third kappa shape index (κ3) is 4.74. The van der Waals surface area contributed by atoms with Gasteiger partial charge < -0.3 is 14.5 Å². The third-order valence-corrected chi connectivity index (χ3v) is 3.23. The minimum Gasteiger partial charge on any atom is -0.493 e. The highest BCUT2D eigenvalue weighted by Gasteiger charge is 1.99. The maximum absolute atomic E-state index is 5.82. The van der Waals surface area contributed by atoms with Crippen LogP contribution in [0.2, 0.25) is 0 Å². The lowest BCUT2D eigenvalue weighted by Crippen LogP contribution is -2.15. The first-order valence-electron chi connectivity index (χ1n) is 7.19. The minimum absolute atomic E-state index is 0.771. The maximum atomic E-state index is 5.82. The van der Waals surface area contributed by atoms with Crippen molar-refractivity contribution in [2.24, 2.45) is 0 Å². The van der Waals surface area contributed by atoms with Gasteiger partial charge in [-0.2, -0.15) is 0 Å². The Kier molecular flexibility index (Phi) is 5.69. The van der Waals surface area contributed by atoms with E-state index in [1.165, 1.54) is 11.1 Å². The Balaban J connectivity index is 1.56. The molecule has 2 aromatic rings. The zero-order chi connectivity index (χ0) is 14.2. The van der Waals surface area contributed by atoms with E-state index in [0.717, 1.165) is 44.0 Å². The van der Waals surface area contributed by atoms with Crippen LogP contribution in [0.1, 0.15) is 29.7 Å². The van der Waals surface area contributed by atoms with Crippen molar-refractivity contribution in [2.45, 2.75) is 33.2 Å². The summed E-state index contributed by atoms with van der Waals surface area (Å²) in [6, 6.07) is 10.2. The molecule has 0 aliphatic rings. The van der Waals surface area contributed by atoms with E-state index >= 15 is 0 Å². The van der Waals surface area contributed by atoms with E-state index in [1.807, 2.05) is 12.1 Å². The van der Waals surface area contributed by atoms with Crippen LogP contribution >= 0.6 is 0 Å². The summed E-state index contributed by atoms with van der Waals surface area (Å²) in [5.74, 6) is 1.99. The van der Waals surface area contributed by atoms with Gasteiger partial charge in [0.1, 0.15) is 11.5 Å². The van der Waals surface area contributed by atoms with Gasteiger partial charge in [-0.25, -0.2) is 0 Å². The van der Waals surface area contributed by atoms with E-state index in [4.69, 9.17) is 9.15 Å². The van der Waals surface area contributed by atoms with Crippen LogP contribution in [-0.2, 0) is 6.54 Å². The number of hydrogen-bond acceptors (Lipinski definition) is 3. The molecule has 0 fully saturated rings. The van der Waals surface area contributed by atoms with E-state index in [-0.39, 0.29) is 0 Å². The first-order valence-corrected chi connectivity index (χ1v) is 7.19. The molecule has 0 bridgehead atoms. The van der Waals surface area contributed by atoms with Gasteiger partial charge in [-0.05, 0) is 62.6 Å². The molecule has 0 atom stereocenters. The summed E-state index contributed by atoms with van der Waals surface area (Å²) in [5, 5.41) is 3.36. The van der Waals surface area contributed by atoms with E-state index in [0.29, 0.717) is 0 Å². The van der Waals surface area contributed by atoms with E-state index in [9.17, 15) is 0 Å². The summed E-state index contributed by atoms with van der Waals surface area (Å²) in [4.78, 5) is 0. The molecule has 3 nitrogen and oxygen atoms in total. The van der Waals surface area contributed by atoms with Crippen molar-refractivity contribution in [3.8, 4) is 5.75 Å². The molecule has 20 heavy (non-hydrogen) atoms. The molecule has 2 rings (SSSR count). The summed E-state index contributed by atoms with van der Waals surface area (Å²) < 4.78 is 11.1. The van der Waals surface area contributed by atoms with Gasteiger partial charge in [-0.15, -0.1) is 0 Å². The number of furan rings is 1. The second-order valence-electron chi connectivity index (χ2n) is 5.08. The van der Waals surface area contributed by atoms with Gasteiger partial charge in [-0.3, -0.25) is 0 Å². The molecule has 0 radical (unpaired) electrons. The molecule has 1 aromatic carbocycles. The van der Waals surface area contributed by atoms with Gasteiger partial charge >= 0.3 is 0 Å². The lowest BCUT2D eigenvalue weighted by Gasteiger charge is -2.10. The largest absolute Gasteiger partial charge is 0.493 e. The van der Waals surface area contributed by atoms with Gasteiger partial charge in [-0.1, -0.05) is 12.1 Å². The van der Waals surface area contributed by atoms with Gasteiger partial charge in [0.05, 0.1) is 19.4 Å². The molecular formula is C17H23NO2. The van der Waals surface area contributed by atoms with Crippen LogP contribution in [0.3, 0.4) is 0 Å². The number of benzene rings is 1. The average Bonchev–Trinajstić information content (AvgIpc) is 2.94. The quantitative estimate of drug-likeness (QED) is 0.742. The van der Waals surface area contributed by atoms with Crippen molar-refractivity contribution in [3.05, 3.63) is 53.5 Å². The van der Waals surface area contributed by atoms with Gasteiger partial charge in [0.25, 0.3) is 0 Å². The van der Waals surface area contributed by atoms with Gasteiger partial charge in [0.2, 0.25) is 0 Å². The zero-order valence-corrected chi connectivity index (χ0v) is 12.3. The predicted octanol–water partition coefficient (Wildman–Crippen LogP) is 3.85. The second kappa shape index (κ2) is 7.75. The van der Waals surface area contributed by atoms with E-state index in [2.05, 4.69) is 37.4 Å². The first kappa shape index (κ1) is 14.7. The smallest absolute Gasteiger partial charge is 0.122 e. The van der Waals surface area contributed by atoms with Crippen molar-refractivity contribution in [3.63, 3.8) is 0 Å². The lowest BCUT2D eigenvalue weighted by atomic mass is 10.1. The van der Waals surface area contributed by atoms with Crippen molar-refractivity contribution in [2.75, 3.05) is 13.2 Å². The number of rotatable bonds is 8. The fourth-order valence-electron chi connectivity index (χ4n) is 2.02. The molecule has 0 aliphatic heterocycles. The van der Waals surface area contributed by atoms with Gasteiger partial charge in [0.15, 0.2) is 0 Å². The molecule has 1 aromatic heterocycles. The van der Waals surface area contributed by atoms with Crippen molar-refractivity contribution >= 4 is 0 Å². The summed E-state index contributed by atoms with van der Waals surface area (Å²) in [5.41, 5.74) is 2.44. The zero-order valence-electron chi connectivity index (χ0n) is 12.3. The monoisotopic (exact) mass is 273 g/mol. The molecular weight excluding hydrogens is 250 g/mol. The summed E-state index contributed by atoms with van der Waals surface area (Å²) in [6.07, 6.45) is 3.86. The maximum Gasteiger partial charge on any atom is 0.122 e. The molecule has 108 valence electrons. The highest BCUT2D eigenvalue weighted by atomic mass is 16.5. The number of aryl methyl sites for hydroxylation is 2. The molecule has 3 heteroatoms. The van der Waals surface area contributed by atoms with Crippen LogP contribution in [-0.4, -0.2) is 13.2 Å². The van der Waals surface area contributed by atoms with Crippen LogP contribution < -0.4 is 10.1 Å². The van der Waals surface area contributed by atoms with Crippen LogP contribution in [0.5, 0.6) is 5.75 Å². The molecule has 0 aliphatic carbocycles. The summed E-state index contributed by atoms with van der Waals surface area (Å²) >= 11 is 0. The normalized spacial score (nSPS) is 10.7. The fraction of sp³-hybridized carbons (Fsp3) is 0.412. The Hall–Kier alpha value is -1.74. The summed E-state index contributed by atoms with van der Waals surface area (Å²) in [7, 11) is 0. The Bertz CT molecular complexity index is 506. The van der Waals surface area contributed by atoms with E-state index in [1.54, 1.807) is 6.26 Å². The van der Waals surface area contributed by atoms with Crippen molar-refractivity contribution in [1.82, 2.24) is 5.32 Å². The first-order chi connectivity index (χ1) is 9.75. The molecule has 0 saturated carbocycles. The number of hydrogen-bond donors (Lipinski definition) is 1. The standard InChI is InChI=1S/C17H23NO2/c1-14-7-8-15(2)17(12-14)20-10-4-3-9-18-13-16-6-5-11-19-16/h5-8,11-12,18H,3-4,9-10,13H2,1-2H3. The van der Waals surface area contributed by atoms with Gasteiger partial charge in [0, 0.05) is 0 Å². The molecule has 1 heterocycles. The number of ether oxygens (including phenoxy) is 1. The number of nitrogens with one attached hydrogen (secondary N) is 1. The third-order valence-electron chi connectivity index (χ3n) is 3.23. The molecule has 0 saturated heterocycles. The van der Waals surface area contributed by atoms with Crippen molar-refractivity contribution in [1.29, 1.82) is 0 Å². The Morgan fingerprint density at radius 2 is 2.05 bits per heavy atom. The highest BCUT2D eigenvalue weighted by Crippen LogP contribution is 2.19. The topological polar surface area (TPSA) is 34.4 Å². The average molecular weight is 273 g/mol. The Morgan fingerprint density at radius 1 is 1.15 bits per heavy atom. The fourth-order valence-corrected chi connectivity index (χ4v) is 2.02. The molecule has 0 amide bonds. The van der Waals surface area contributed by atoms with Crippen LogP contribution in [0.4, 0.5) is 0 Å². The number of unbranched alkanes of at least 4 members (excludes halogenated alkanes) is 1. The van der Waals surface area contributed by atoms with Crippen molar-refractivity contribution < 1.29 is 9.15 Å². The summed E-state index contributed by atoms with van der Waals surface area (Å²) in [6.45, 7) is 6.72. The van der Waals surface area contributed by atoms with E-state index < -0.39 is 0 Å². The highest BCUT2D eigenvalue weighted by molar-refractivity contribution is 5.35. The van der Waals surface area contributed by atoms with Crippen LogP contribution in [0.25, 0.3) is 0 Å².